The fourth-order valence-corrected chi connectivity index (χ4v) is 2.83. The molecule has 1 atom stereocenters. The second-order valence-corrected chi connectivity index (χ2v) is 5.86. The lowest BCUT2D eigenvalue weighted by atomic mass is 10.1. The van der Waals surface area contributed by atoms with Gasteiger partial charge < -0.3 is 9.88 Å². The molecule has 0 radical (unpaired) electrons. The van der Waals surface area contributed by atoms with Gasteiger partial charge in [0.05, 0.1) is 17.1 Å². The van der Waals surface area contributed by atoms with Gasteiger partial charge in [-0.2, -0.15) is 0 Å². The highest BCUT2D eigenvalue weighted by Gasteiger charge is 2.20. The van der Waals surface area contributed by atoms with E-state index in [0.717, 1.165) is 55.5 Å². The van der Waals surface area contributed by atoms with Crippen LogP contribution in [-0.2, 0) is 11.3 Å². The molecule has 4 heteroatoms. The smallest absolute Gasteiger partial charge is 0.217 e. The van der Waals surface area contributed by atoms with Gasteiger partial charge in [-0.15, -0.1) is 0 Å². The highest BCUT2D eigenvalue weighted by Crippen LogP contribution is 2.25. The van der Waals surface area contributed by atoms with Crippen molar-refractivity contribution in [2.24, 2.45) is 0 Å². The summed E-state index contributed by atoms with van der Waals surface area (Å²) >= 11 is 0. The van der Waals surface area contributed by atoms with Crippen LogP contribution in [-0.4, -0.2) is 15.5 Å². The minimum atomic E-state index is 0.00158. The molecule has 22 heavy (non-hydrogen) atoms. The largest absolute Gasteiger partial charge is 0.346 e. The number of benzene rings is 1. The van der Waals surface area contributed by atoms with Gasteiger partial charge >= 0.3 is 0 Å². The Balaban J connectivity index is 2.41. The maximum Gasteiger partial charge on any atom is 0.217 e. The summed E-state index contributed by atoms with van der Waals surface area (Å²) < 4.78 is 2.29. The number of hydrogen-bond donors (Lipinski definition) is 1. The average molecular weight is 301 g/mol. The van der Waals surface area contributed by atoms with Gasteiger partial charge in [0.15, 0.2) is 0 Å². The van der Waals surface area contributed by atoms with E-state index in [1.54, 1.807) is 6.92 Å². The third-order valence-electron chi connectivity index (χ3n) is 3.95. The van der Waals surface area contributed by atoms with Crippen LogP contribution < -0.4 is 5.32 Å². The summed E-state index contributed by atoms with van der Waals surface area (Å²) in [6.45, 7) is 6.90. The summed E-state index contributed by atoms with van der Waals surface area (Å²) in [5.41, 5.74) is 2.18. The van der Waals surface area contributed by atoms with Crippen molar-refractivity contribution in [1.29, 1.82) is 0 Å². The summed E-state index contributed by atoms with van der Waals surface area (Å²) in [4.78, 5) is 16.4. The quantitative estimate of drug-likeness (QED) is 0.794. The van der Waals surface area contributed by atoms with Gasteiger partial charge in [0.2, 0.25) is 5.91 Å². The number of aryl methyl sites for hydroxylation is 1. The van der Waals surface area contributed by atoms with E-state index >= 15 is 0 Å². The Morgan fingerprint density at radius 2 is 1.95 bits per heavy atom. The van der Waals surface area contributed by atoms with E-state index in [-0.39, 0.29) is 11.9 Å². The number of hydrogen-bond acceptors (Lipinski definition) is 2. The van der Waals surface area contributed by atoms with Crippen LogP contribution in [0.1, 0.15) is 64.7 Å². The molecule has 0 bridgehead atoms. The number of fused-ring (bicyclic) bond motifs is 1. The highest BCUT2D eigenvalue weighted by atomic mass is 16.1. The van der Waals surface area contributed by atoms with Gasteiger partial charge in [0.1, 0.15) is 5.82 Å². The standard InChI is InChI=1S/C18H27N3O/c1-4-6-10-16(19-14(3)22)18-20-15-11-8-9-12-17(15)21(18)13-7-5-2/h8-9,11-12,16H,4-7,10,13H2,1-3H3,(H,19,22)/t16-/m1/s1. The lowest BCUT2D eigenvalue weighted by Gasteiger charge is -2.19. The first-order valence-electron chi connectivity index (χ1n) is 8.39. The molecule has 0 aliphatic rings. The first-order chi connectivity index (χ1) is 10.7. The Hall–Kier alpha value is -1.84. The minimum absolute atomic E-state index is 0.00158. The number of unbranched alkanes of at least 4 members (excludes halogenated alkanes) is 2. The normalized spacial score (nSPS) is 12.5. The summed E-state index contributed by atoms with van der Waals surface area (Å²) in [5.74, 6) is 1.01. The monoisotopic (exact) mass is 301 g/mol. The Bertz CT molecular complexity index is 618. The molecule has 0 saturated carbocycles. The fraction of sp³-hybridized carbons (Fsp3) is 0.556. The molecule has 1 amide bonds. The zero-order chi connectivity index (χ0) is 15.9. The lowest BCUT2D eigenvalue weighted by molar-refractivity contribution is -0.119. The Kier molecular flexibility index (Phi) is 5.99. The Morgan fingerprint density at radius 3 is 2.64 bits per heavy atom. The minimum Gasteiger partial charge on any atom is -0.346 e. The van der Waals surface area contributed by atoms with Crippen molar-refractivity contribution >= 4 is 16.9 Å². The number of nitrogens with zero attached hydrogens (tertiary/aromatic N) is 2. The molecule has 0 unspecified atom stereocenters. The zero-order valence-corrected chi connectivity index (χ0v) is 13.9. The maximum atomic E-state index is 11.6. The fourth-order valence-electron chi connectivity index (χ4n) is 2.83. The van der Waals surface area contributed by atoms with Gasteiger partial charge in [0.25, 0.3) is 0 Å². The van der Waals surface area contributed by atoms with Crippen LogP contribution >= 0.6 is 0 Å². The van der Waals surface area contributed by atoms with E-state index in [1.165, 1.54) is 0 Å². The predicted octanol–water partition coefficient (Wildman–Crippen LogP) is 4.20. The molecule has 1 N–H and O–H groups in total. The number of amides is 1. The van der Waals surface area contributed by atoms with Crippen molar-refractivity contribution in [3.05, 3.63) is 30.1 Å². The average Bonchev–Trinajstić information content (AvgIpc) is 2.87. The molecule has 1 heterocycles. The molecule has 0 aliphatic carbocycles. The van der Waals surface area contributed by atoms with E-state index in [1.807, 2.05) is 12.1 Å². The Labute approximate surface area is 132 Å². The zero-order valence-electron chi connectivity index (χ0n) is 13.9. The molecule has 1 aromatic carbocycles. The van der Waals surface area contributed by atoms with E-state index in [0.29, 0.717) is 0 Å². The third-order valence-corrected chi connectivity index (χ3v) is 3.95. The van der Waals surface area contributed by atoms with Gasteiger partial charge in [-0.3, -0.25) is 4.79 Å². The predicted molar refractivity (Wildman–Crippen MR) is 90.7 cm³/mol. The number of rotatable bonds is 8. The van der Waals surface area contributed by atoms with E-state index in [9.17, 15) is 4.79 Å². The molecule has 0 spiro atoms. The van der Waals surface area contributed by atoms with Crippen LogP contribution in [0.2, 0.25) is 0 Å². The van der Waals surface area contributed by atoms with Crippen LogP contribution in [0.15, 0.2) is 24.3 Å². The number of nitrogens with one attached hydrogen (secondary N) is 1. The SMILES string of the molecule is CCCC[C@@H](NC(C)=O)c1nc2ccccc2n1CCCC. The third kappa shape index (κ3) is 3.87. The van der Waals surface area contributed by atoms with E-state index < -0.39 is 0 Å². The van der Waals surface area contributed by atoms with Crippen LogP contribution in [0.5, 0.6) is 0 Å². The van der Waals surface area contributed by atoms with Crippen molar-refractivity contribution in [3.63, 3.8) is 0 Å². The topological polar surface area (TPSA) is 46.9 Å². The number of para-hydroxylation sites is 2. The molecule has 2 aromatic rings. The first kappa shape index (κ1) is 16.5. The second-order valence-electron chi connectivity index (χ2n) is 5.86. The van der Waals surface area contributed by atoms with Crippen LogP contribution in [0, 0.1) is 0 Å². The maximum absolute atomic E-state index is 11.6. The van der Waals surface area contributed by atoms with Crippen LogP contribution in [0.25, 0.3) is 11.0 Å². The molecule has 0 saturated heterocycles. The van der Waals surface area contributed by atoms with Crippen molar-refractivity contribution in [2.45, 2.75) is 65.5 Å². The van der Waals surface area contributed by atoms with Crippen LogP contribution in [0.4, 0.5) is 0 Å². The summed E-state index contributed by atoms with van der Waals surface area (Å²) in [7, 11) is 0. The Morgan fingerprint density at radius 1 is 1.23 bits per heavy atom. The number of carbonyl (C=O) groups excluding carboxylic acids is 1. The molecule has 2 rings (SSSR count). The molecule has 4 nitrogen and oxygen atoms in total. The summed E-state index contributed by atoms with van der Waals surface area (Å²) in [6, 6.07) is 8.23. The number of imidazole rings is 1. The molecule has 0 fully saturated rings. The number of carbonyl (C=O) groups is 1. The van der Waals surface area contributed by atoms with Gasteiger partial charge in [-0.1, -0.05) is 45.2 Å². The van der Waals surface area contributed by atoms with Crippen molar-refractivity contribution in [3.8, 4) is 0 Å². The van der Waals surface area contributed by atoms with Crippen molar-refractivity contribution in [2.75, 3.05) is 0 Å². The molecule has 120 valence electrons. The lowest BCUT2D eigenvalue weighted by Crippen LogP contribution is -2.28. The number of aromatic nitrogens is 2. The second kappa shape index (κ2) is 7.97. The highest BCUT2D eigenvalue weighted by molar-refractivity contribution is 5.77. The van der Waals surface area contributed by atoms with Gasteiger partial charge in [-0.25, -0.2) is 4.98 Å². The van der Waals surface area contributed by atoms with E-state index in [2.05, 4.69) is 35.9 Å². The van der Waals surface area contributed by atoms with Crippen LogP contribution in [0.3, 0.4) is 0 Å². The molecule has 1 aromatic heterocycles. The van der Waals surface area contributed by atoms with Crippen molar-refractivity contribution < 1.29 is 4.79 Å². The molecular weight excluding hydrogens is 274 g/mol. The van der Waals surface area contributed by atoms with Gasteiger partial charge in [0, 0.05) is 13.5 Å². The first-order valence-corrected chi connectivity index (χ1v) is 8.39. The van der Waals surface area contributed by atoms with Crippen molar-refractivity contribution in [1.82, 2.24) is 14.9 Å². The molecular formula is C18H27N3O. The summed E-state index contributed by atoms with van der Waals surface area (Å²) in [6.07, 6.45) is 5.40. The summed E-state index contributed by atoms with van der Waals surface area (Å²) in [5, 5.41) is 3.09. The van der Waals surface area contributed by atoms with E-state index in [4.69, 9.17) is 4.98 Å². The van der Waals surface area contributed by atoms with Gasteiger partial charge in [-0.05, 0) is 25.0 Å². The molecule has 0 aliphatic heterocycles.